The van der Waals surface area contributed by atoms with Crippen LogP contribution in [0.1, 0.15) is 42.6 Å². The zero-order chi connectivity index (χ0) is 11.1. The van der Waals surface area contributed by atoms with Crippen molar-refractivity contribution in [3.63, 3.8) is 0 Å². The maximum absolute atomic E-state index is 12.5. The van der Waals surface area contributed by atoms with Gasteiger partial charge in [0.15, 0.2) is 0 Å². The van der Waals surface area contributed by atoms with Crippen LogP contribution < -0.4 is 0 Å². The van der Waals surface area contributed by atoms with E-state index in [2.05, 4.69) is 4.98 Å². The Kier molecular flexibility index (Phi) is 2.44. The van der Waals surface area contributed by atoms with Crippen molar-refractivity contribution in [1.29, 1.82) is 0 Å². The smallest absolute Gasteiger partial charge is 0.258 e. The van der Waals surface area contributed by atoms with Gasteiger partial charge in [-0.2, -0.15) is 13.2 Å². The van der Waals surface area contributed by atoms with Crippen LogP contribution in [0.5, 0.6) is 0 Å². The lowest BCUT2D eigenvalue weighted by molar-refractivity contribution is -0.137. The van der Waals surface area contributed by atoms with Gasteiger partial charge in [0.25, 0.3) is 0 Å². The molecule has 0 bridgehead atoms. The fourth-order valence-corrected chi connectivity index (χ4v) is 1.54. The predicted octanol–water partition coefficient (Wildman–Crippen LogP) is 3.54. The number of alkyl halides is 3. The Hall–Kier alpha value is -1.06. The lowest BCUT2D eigenvalue weighted by atomic mass is 10.1. The highest BCUT2D eigenvalue weighted by Crippen LogP contribution is 2.41. The number of hydrogen-bond donors (Lipinski definition) is 0. The molecular formula is C11H12F3N. The van der Waals surface area contributed by atoms with Crippen LogP contribution >= 0.6 is 0 Å². The quantitative estimate of drug-likeness (QED) is 0.735. The fourth-order valence-electron chi connectivity index (χ4n) is 1.54. The van der Waals surface area contributed by atoms with Gasteiger partial charge in [0.1, 0.15) is 0 Å². The van der Waals surface area contributed by atoms with Crippen LogP contribution in [-0.2, 0) is 12.6 Å². The van der Waals surface area contributed by atoms with Crippen LogP contribution in [0.3, 0.4) is 0 Å². The summed E-state index contributed by atoms with van der Waals surface area (Å²) >= 11 is 0. The van der Waals surface area contributed by atoms with Crippen LogP contribution in [0.4, 0.5) is 13.2 Å². The first-order valence-electron chi connectivity index (χ1n) is 5.08. The molecule has 1 aliphatic rings. The molecule has 15 heavy (non-hydrogen) atoms. The van der Waals surface area contributed by atoms with Gasteiger partial charge in [0.05, 0.1) is 5.56 Å². The second kappa shape index (κ2) is 3.51. The third kappa shape index (κ3) is 2.30. The number of hydrogen-bond acceptors (Lipinski definition) is 1. The average Bonchev–Trinajstić information content (AvgIpc) is 2.99. The topological polar surface area (TPSA) is 12.9 Å². The van der Waals surface area contributed by atoms with E-state index in [-0.39, 0.29) is 5.92 Å². The van der Waals surface area contributed by atoms with Crippen molar-refractivity contribution in [3.05, 3.63) is 29.1 Å². The second-order valence-electron chi connectivity index (χ2n) is 3.90. The molecule has 0 aliphatic heterocycles. The number of aromatic nitrogens is 1. The summed E-state index contributed by atoms with van der Waals surface area (Å²) < 4.78 is 37.6. The summed E-state index contributed by atoms with van der Waals surface area (Å²) in [6.45, 7) is 1.82. The van der Waals surface area contributed by atoms with E-state index in [0.29, 0.717) is 17.8 Å². The zero-order valence-corrected chi connectivity index (χ0v) is 8.43. The van der Waals surface area contributed by atoms with Crippen molar-refractivity contribution in [1.82, 2.24) is 4.98 Å². The molecule has 1 nitrogen and oxygen atoms in total. The number of halogens is 3. The second-order valence-corrected chi connectivity index (χ2v) is 3.90. The molecule has 1 aromatic heterocycles. The molecule has 0 radical (unpaired) electrons. The molecule has 1 heterocycles. The van der Waals surface area contributed by atoms with Crippen molar-refractivity contribution in [2.24, 2.45) is 0 Å². The first-order valence-corrected chi connectivity index (χ1v) is 5.08. The highest BCUT2D eigenvalue weighted by Gasteiger charge is 2.33. The molecule has 0 atom stereocenters. The van der Waals surface area contributed by atoms with E-state index in [1.165, 1.54) is 6.07 Å². The van der Waals surface area contributed by atoms with E-state index < -0.39 is 11.7 Å². The fraction of sp³-hybridized carbons (Fsp3) is 0.545. The van der Waals surface area contributed by atoms with Gasteiger partial charge in [-0.05, 0) is 31.4 Å². The Labute approximate surface area is 86.3 Å². The molecule has 1 fully saturated rings. The third-order valence-corrected chi connectivity index (χ3v) is 2.58. The summed E-state index contributed by atoms with van der Waals surface area (Å²) in [7, 11) is 0. The van der Waals surface area contributed by atoms with Crippen LogP contribution in [0.15, 0.2) is 12.1 Å². The number of nitrogens with zero attached hydrogens (tertiary/aromatic N) is 1. The number of pyridine rings is 1. The van der Waals surface area contributed by atoms with E-state index in [1.54, 1.807) is 0 Å². The Morgan fingerprint density at radius 1 is 1.33 bits per heavy atom. The minimum atomic E-state index is -4.25. The summed E-state index contributed by atoms with van der Waals surface area (Å²) in [5, 5.41) is 0. The van der Waals surface area contributed by atoms with Crippen molar-refractivity contribution in [3.8, 4) is 0 Å². The van der Waals surface area contributed by atoms with Gasteiger partial charge in [0.2, 0.25) is 0 Å². The summed E-state index contributed by atoms with van der Waals surface area (Å²) in [4.78, 5) is 4.23. The molecule has 0 N–H and O–H groups in total. The van der Waals surface area contributed by atoms with Gasteiger partial charge in [-0.25, -0.2) is 0 Å². The monoisotopic (exact) mass is 215 g/mol. The summed E-state index contributed by atoms with van der Waals surface area (Å²) in [5.74, 6) is 0.262. The molecule has 0 unspecified atom stereocenters. The highest BCUT2D eigenvalue weighted by atomic mass is 19.4. The van der Waals surface area contributed by atoms with Crippen molar-refractivity contribution in [2.45, 2.75) is 38.3 Å². The van der Waals surface area contributed by atoms with Crippen molar-refractivity contribution < 1.29 is 13.2 Å². The van der Waals surface area contributed by atoms with E-state index >= 15 is 0 Å². The van der Waals surface area contributed by atoms with E-state index in [9.17, 15) is 13.2 Å². The van der Waals surface area contributed by atoms with Crippen molar-refractivity contribution >= 4 is 0 Å². The van der Waals surface area contributed by atoms with Gasteiger partial charge in [-0.15, -0.1) is 0 Å². The molecule has 1 aromatic rings. The van der Waals surface area contributed by atoms with Crippen LogP contribution in [0.2, 0.25) is 0 Å². The molecule has 82 valence electrons. The summed E-state index contributed by atoms with van der Waals surface area (Å²) in [6.07, 6.45) is -1.77. The molecule has 1 saturated carbocycles. The van der Waals surface area contributed by atoms with Gasteiger partial charge in [-0.3, -0.25) is 4.98 Å². The van der Waals surface area contributed by atoms with Gasteiger partial charge in [-0.1, -0.05) is 6.92 Å². The lowest BCUT2D eigenvalue weighted by Gasteiger charge is -2.10. The number of aryl methyl sites for hydroxylation is 1. The van der Waals surface area contributed by atoms with Crippen LogP contribution in [0.25, 0.3) is 0 Å². The Balaban J connectivity index is 2.41. The van der Waals surface area contributed by atoms with Gasteiger partial charge in [0, 0.05) is 17.3 Å². The molecule has 2 rings (SSSR count). The number of rotatable bonds is 2. The first-order chi connectivity index (χ1) is 7.00. The first kappa shape index (κ1) is 10.5. The molecular weight excluding hydrogens is 203 g/mol. The Morgan fingerprint density at radius 3 is 2.47 bits per heavy atom. The molecule has 0 spiro atoms. The maximum Gasteiger partial charge on any atom is 0.416 e. The van der Waals surface area contributed by atoms with E-state index in [0.717, 1.165) is 18.9 Å². The Morgan fingerprint density at radius 2 is 2.00 bits per heavy atom. The van der Waals surface area contributed by atoms with Crippen LogP contribution in [0, 0.1) is 0 Å². The molecule has 4 heteroatoms. The molecule has 0 saturated heterocycles. The van der Waals surface area contributed by atoms with Crippen LogP contribution in [-0.4, -0.2) is 4.98 Å². The van der Waals surface area contributed by atoms with E-state index in [1.807, 2.05) is 6.92 Å². The third-order valence-electron chi connectivity index (χ3n) is 2.58. The minimum absolute atomic E-state index is 0.262. The minimum Gasteiger partial charge on any atom is -0.258 e. The maximum atomic E-state index is 12.5. The predicted molar refractivity (Wildman–Crippen MR) is 50.6 cm³/mol. The zero-order valence-electron chi connectivity index (χ0n) is 8.43. The standard InChI is InChI=1S/C11H12F3N/c1-2-9-5-8(11(12,13)14)6-10(15-9)7-3-4-7/h5-7H,2-4H2,1H3. The Bertz CT molecular complexity index is 367. The average molecular weight is 215 g/mol. The molecule has 1 aliphatic carbocycles. The lowest BCUT2D eigenvalue weighted by Crippen LogP contribution is -2.08. The van der Waals surface area contributed by atoms with Crippen molar-refractivity contribution in [2.75, 3.05) is 0 Å². The highest BCUT2D eigenvalue weighted by molar-refractivity contribution is 5.28. The van der Waals surface area contributed by atoms with Gasteiger partial charge >= 0.3 is 6.18 Å². The molecule has 0 amide bonds. The largest absolute Gasteiger partial charge is 0.416 e. The molecule has 0 aromatic carbocycles. The van der Waals surface area contributed by atoms with E-state index in [4.69, 9.17) is 0 Å². The normalized spacial score (nSPS) is 16.8. The van der Waals surface area contributed by atoms with Gasteiger partial charge < -0.3 is 0 Å². The summed E-state index contributed by atoms with van der Waals surface area (Å²) in [6, 6.07) is 2.34. The SMILES string of the molecule is CCc1cc(C(F)(F)F)cc(C2CC2)n1. The summed E-state index contributed by atoms with van der Waals surface area (Å²) in [5.41, 5.74) is 0.588.